The Balaban J connectivity index is 2.19. The molecule has 120 valence electrons. The molecule has 0 spiro atoms. The molecule has 0 fully saturated rings. The normalized spacial score (nSPS) is 11.6. The summed E-state index contributed by atoms with van der Waals surface area (Å²) in [4.78, 5) is 10.1. The third kappa shape index (κ3) is 4.95. The van der Waals surface area contributed by atoms with Gasteiger partial charge in [-0.25, -0.2) is 8.42 Å². The lowest BCUT2D eigenvalue weighted by Crippen LogP contribution is -2.09. The van der Waals surface area contributed by atoms with Crippen LogP contribution in [0.4, 0.5) is 11.4 Å². The lowest BCUT2D eigenvalue weighted by Gasteiger charge is -2.05. The van der Waals surface area contributed by atoms with Crippen LogP contribution in [0.3, 0.4) is 0 Å². The fourth-order valence-electron chi connectivity index (χ4n) is 1.66. The first-order chi connectivity index (χ1) is 10.8. The van der Waals surface area contributed by atoms with E-state index >= 15 is 0 Å². The van der Waals surface area contributed by atoms with Gasteiger partial charge >= 0.3 is 0 Å². The number of rotatable bonds is 5. The molecule has 1 N–H and O–H groups in total. The van der Waals surface area contributed by atoms with E-state index in [0.29, 0.717) is 10.6 Å². The van der Waals surface area contributed by atoms with E-state index < -0.39 is 14.9 Å². The Morgan fingerprint density at radius 2 is 1.74 bits per heavy atom. The van der Waals surface area contributed by atoms with Gasteiger partial charge in [0.1, 0.15) is 5.02 Å². The molecule has 2 aromatic rings. The predicted octanol–water partition coefficient (Wildman–Crippen LogP) is 4.31. The molecule has 0 heterocycles. The number of nitro benzene ring substituents is 1. The van der Waals surface area contributed by atoms with E-state index in [1.165, 1.54) is 18.2 Å². The summed E-state index contributed by atoms with van der Waals surface area (Å²) in [5.74, 6) is 0. The van der Waals surface area contributed by atoms with Crippen molar-refractivity contribution in [2.75, 3.05) is 4.72 Å². The average molecular weight is 373 g/mol. The van der Waals surface area contributed by atoms with Gasteiger partial charge in [0, 0.05) is 11.1 Å². The molecule has 0 aliphatic heterocycles. The molecule has 9 heteroatoms. The summed E-state index contributed by atoms with van der Waals surface area (Å²) < 4.78 is 26.2. The fourth-order valence-corrected chi connectivity index (χ4v) is 2.83. The minimum Gasteiger partial charge on any atom is -0.280 e. The Morgan fingerprint density at radius 1 is 1.09 bits per heavy atom. The van der Waals surface area contributed by atoms with Crippen molar-refractivity contribution < 1.29 is 13.3 Å². The van der Waals surface area contributed by atoms with Gasteiger partial charge in [-0.2, -0.15) is 0 Å². The Morgan fingerprint density at radius 3 is 2.35 bits per heavy atom. The van der Waals surface area contributed by atoms with Crippen molar-refractivity contribution in [2.45, 2.75) is 0 Å². The van der Waals surface area contributed by atoms with Crippen LogP contribution < -0.4 is 4.72 Å². The van der Waals surface area contributed by atoms with Gasteiger partial charge in [-0.3, -0.25) is 14.8 Å². The summed E-state index contributed by atoms with van der Waals surface area (Å²) >= 11 is 11.4. The van der Waals surface area contributed by atoms with Gasteiger partial charge in [0.05, 0.1) is 16.0 Å². The third-order valence-corrected chi connectivity index (χ3v) is 4.30. The molecule has 0 bridgehead atoms. The number of anilines is 1. The summed E-state index contributed by atoms with van der Waals surface area (Å²) in [5, 5.41) is 12.2. The van der Waals surface area contributed by atoms with Crippen molar-refractivity contribution in [3.63, 3.8) is 0 Å². The number of hydrogen-bond donors (Lipinski definition) is 1. The molecule has 0 atom stereocenters. The predicted molar refractivity (Wildman–Crippen MR) is 91.1 cm³/mol. The largest absolute Gasteiger partial charge is 0.289 e. The molecule has 0 saturated heterocycles. The molecular formula is C14H10Cl2N2O4S. The van der Waals surface area contributed by atoms with Crippen LogP contribution in [0, 0.1) is 10.1 Å². The van der Waals surface area contributed by atoms with E-state index in [1.54, 1.807) is 24.3 Å². The smallest absolute Gasteiger partial charge is 0.280 e. The Kier molecular flexibility index (Phi) is 5.25. The summed E-state index contributed by atoms with van der Waals surface area (Å²) in [6, 6.07) is 10.2. The van der Waals surface area contributed by atoms with Crippen molar-refractivity contribution in [1.29, 1.82) is 0 Å². The van der Waals surface area contributed by atoms with Crippen LogP contribution in [0.1, 0.15) is 5.56 Å². The number of nitro groups is 1. The topological polar surface area (TPSA) is 89.3 Å². The summed E-state index contributed by atoms with van der Waals surface area (Å²) in [6.07, 6.45) is 1.38. The van der Waals surface area contributed by atoms with E-state index in [1.807, 2.05) is 0 Å². The molecular weight excluding hydrogens is 363 g/mol. The van der Waals surface area contributed by atoms with Crippen LogP contribution >= 0.6 is 23.2 Å². The van der Waals surface area contributed by atoms with Gasteiger partial charge in [-0.1, -0.05) is 35.3 Å². The van der Waals surface area contributed by atoms with E-state index in [4.69, 9.17) is 23.2 Å². The number of nitrogens with one attached hydrogen (secondary N) is 1. The molecule has 0 radical (unpaired) electrons. The second-order valence-electron chi connectivity index (χ2n) is 4.42. The second kappa shape index (κ2) is 6.99. The van der Waals surface area contributed by atoms with Crippen LogP contribution in [0.25, 0.3) is 6.08 Å². The number of benzene rings is 2. The second-order valence-corrected chi connectivity index (χ2v) is 6.83. The van der Waals surface area contributed by atoms with E-state index in [-0.39, 0.29) is 16.4 Å². The van der Waals surface area contributed by atoms with Crippen molar-refractivity contribution >= 4 is 50.7 Å². The Labute approximate surface area is 142 Å². The quantitative estimate of drug-likeness (QED) is 0.625. The zero-order chi connectivity index (χ0) is 17.0. The molecule has 0 unspecified atom stereocenters. The molecule has 0 aliphatic carbocycles. The van der Waals surface area contributed by atoms with E-state index in [0.717, 1.165) is 11.5 Å². The number of nitrogens with zero attached hydrogens (tertiary/aromatic N) is 1. The number of sulfonamides is 1. The standard InChI is InChI=1S/C14H10Cl2N2O4S/c15-11-3-1-10(2-4-11)7-8-23(21,22)17-12-5-6-13(16)14(9-12)18(19)20/h1-9,17H/b8-7+. The van der Waals surface area contributed by atoms with Gasteiger partial charge in [0.25, 0.3) is 15.7 Å². The minimum atomic E-state index is -3.83. The van der Waals surface area contributed by atoms with Gasteiger partial charge in [-0.15, -0.1) is 0 Å². The van der Waals surface area contributed by atoms with Crippen molar-refractivity contribution in [3.8, 4) is 0 Å². The van der Waals surface area contributed by atoms with Crippen molar-refractivity contribution in [3.05, 3.63) is 73.6 Å². The first-order valence-corrected chi connectivity index (χ1v) is 8.47. The maximum Gasteiger partial charge on any atom is 0.289 e. The maximum absolute atomic E-state index is 12.0. The Bertz CT molecular complexity index is 865. The molecule has 23 heavy (non-hydrogen) atoms. The molecule has 0 saturated carbocycles. The van der Waals surface area contributed by atoms with Crippen LogP contribution in [-0.2, 0) is 10.0 Å². The molecule has 0 amide bonds. The van der Waals surface area contributed by atoms with Crippen molar-refractivity contribution in [1.82, 2.24) is 0 Å². The highest BCUT2D eigenvalue weighted by molar-refractivity contribution is 7.95. The van der Waals surface area contributed by atoms with Crippen molar-refractivity contribution in [2.24, 2.45) is 0 Å². The van der Waals surface area contributed by atoms with Gasteiger partial charge in [0.2, 0.25) is 0 Å². The maximum atomic E-state index is 12.0. The third-order valence-electron chi connectivity index (χ3n) is 2.71. The molecule has 0 aromatic heterocycles. The highest BCUT2D eigenvalue weighted by atomic mass is 35.5. The Hall–Kier alpha value is -2.09. The van der Waals surface area contributed by atoms with E-state index in [2.05, 4.69) is 4.72 Å². The zero-order valence-corrected chi connectivity index (χ0v) is 13.8. The summed E-state index contributed by atoms with van der Waals surface area (Å²) in [6.45, 7) is 0. The average Bonchev–Trinajstić information content (AvgIpc) is 2.48. The van der Waals surface area contributed by atoms with Gasteiger partial charge in [0.15, 0.2) is 0 Å². The van der Waals surface area contributed by atoms with Gasteiger partial charge in [-0.05, 0) is 35.9 Å². The monoisotopic (exact) mass is 372 g/mol. The van der Waals surface area contributed by atoms with Crippen LogP contribution in [0.2, 0.25) is 10.0 Å². The van der Waals surface area contributed by atoms with E-state index in [9.17, 15) is 18.5 Å². The van der Waals surface area contributed by atoms with Crippen LogP contribution in [-0.4, -0.2) is 13.3 Å². The highest BCUT2D eigenvalue weighted by Gasteiger charge is 2.15. The van der Waals surface area contributed by atoms with Crippen LogP contribution in [0.15, 0.2) is 47.9 Å². The SMILES string of the molecule is O=[N+]([O-])c1cc(NS(=O)(=O)/C=C/c2ccc(Cl)cc2)ccc1Cl. The number of hydrogen-bond acceptors (Lipinski definition) is 4. The lowest BCUT2D eigenvalue weighted by molar-refractivity contribution is -0.384. The molecule has 6 nitrogen and oxygen atoms in total. The highest BCUT2D eigenvalue weighted by Crippen LogP contribution is 2.27. The molecule has 2 rings (SSSR count). The van der Waals surface area contributed by atoms with Gasteiger partial charge < -0.3 is 0 Å². The number of halogens is 2. The molecule has 2 aromatic carbocycles. The first-order valence-electron chi connectivity index (χ1n) is 6.17. The summed E-state index contributed by atoms with van der Waals surface area (Å²) in [7, 11) is -3.83. The lowest BCUT2D eigenvalue weighted by atomic mass is 10.2. The first kappa shape index (κ1) is 17.3. The summed E-state index contributed by atoms with van der Waals surface area (Å²) in [5.41, 5.74) is 0.303. The zero-order valence-electron chi connectivity index (χ0n) is 11.4. The minimum absolute atomic E-state index is 0.0434. The van der Waals surface area contributed by atoms with Crippen LogP contribution in [0.5, 0.6) is 0 Å². The molecule has 0 aliphatic rings. The fraction of sp³-hybridized carbons (Fsp3) is 0.